The van der Waals surface area contributed by atoms with E-state index in [0.717, 1.165) is 29.4 Å². The Labute approximate surface area is 193 Å². The van der Waals surface area contributed by atoms with Gasteiger partial charge in [0.25, 0.3) is 0 Å². The van der Waals surface area contributed by atoms with Crippen molar-refractivity contribution in [2.75, 3.05) is 25.0 Å². The first-order valence-electron chi connectivity index (χ1n) is 11.6. The number of carbonyl (C=O) groups excluding carboxylic acids is 3. The van der Waals surface area contributed by atoms with Crippen LogP contribution >= 0.6 is 0 Å². The number of nitrogens with zero attached hydrogens (tertiary/aromatic N) is 3. The molecule has 33 heavy (non-hydrogen) atoms. The van der Waals surface area contributed by atoms with Gasteiger partial charge in [0.1, 0.15) is 5.52 Å². The quantitative estimate of drug-likeness (QED) is 0.530. The third-order valence-corrected chi connectivity index (χ3v) is 6.62. The molecule has 2 unspecified atom stereocenters. The van der Waals surface area contributed by atoms with Gasteiger partial charge in [-0.25, -0.2) is 0 Å². The molecule has 2 saturated heterocycles. The molecule has 0 spiro atoms. The molecule has 0 radical (unpaired) electrons. The molecule has 2 aliphatic rings. The van der Waals surface area contributed by atoms with Crippen molar-refractivity contribution in [1.82, 2.24) is 20.0 Å². The normalized spacial score (nSPS) is 21.9. The van der Waals surface area contributed by atoms with E-state index in [1.165, 1.54) is 0 Å². The first-order valence-corrected chi connectivity index (χ1v) is 11.6. The van der Waals surface area contributed by atoms with Crippen molar-refractivity contribution in [3.8, 4) is 0 Å². The molecule has 2 fully saturated rings. The Morgan fingerprint density at radius 2 is 1.97 bits per heavy atom. The van der Waals surface area contributed by atoms with Crippen molar-refractivity contribution in [3.05, 3.63) is 23.9 Å². The van der Waals surface area contributed by atoms with Crippen LogP contribution in [0.15, 0.2) is 18.2 Å². The van der Waals surface area contributed by atoms with E-state index in [9.17, 15) is 14.4 Å². The first kappa shape index (κ1) is 23.2. The average molecular weight is 456 g/mol. The third kappa shape index (κ3) is 4.73. The molecule has 178 valence electrons. The Morgan fingerprint density at radius 3 is 2.64 bits per heavy atom. The maximum atomic E-state index is 13.1. The predicted octanol–water partition coefficient (Wildman–Crippen LogP) is 2.60. The molecule has 2 atom stereocenters. The number of nitrogens with one attached hydrogen (secondary N) is 2. The van der Waals surface area contributed by atoms with Crippen LogP contribution in [0.25, 0.3) is 10.9 Å². The van der Waals surface area contributed by atoms with Crippen LogP contribution in [0.2, 0.25) is 0 Å². The van der Waals surface area contributed by atoms with Gasteiger partial charge in [-0.05, 0) is 46.6 Å². The molecule has 9 nitrogen and oxygen atoms in total. The molecule has 3 heterocycles. The first-order chi connectivity index (χ1) is 15.7. The van der Waals surface area contributed by atoms with Gasteiger partial charge < -0.3 is 15.0 Å². The Morgan fingerprint density at radius 1 is 1.24 bits per heavy atom. The van der Waals surface area contributed by atoms with Crippen molar-refractivity contribution in [2.45, 2.75) is 59.2 Å². The van der Waals surface area contributed by atoms with Crippen LogP contribution in [-0.2, 0) is 19.1 Å². The Bertz CT molecular complexity index is 1050. The molecule has 0 aliphatic carbocycles. The summed E-state index contributed by atoms with van der Waals surface area (Å²) in [6.45, 7) is 9.36. The Balaban J connectivity index is 1.36. The van der Waals surface area contributed by atoms with Crippen LogP contribution in [0.3, 0.4) is 0 Å². The van der Waals surface area contributed by atoms with Crippen molar-refractivity contribution in [2.24, 2.45) is 11.3 Å². The fourth-order valence-electron chi connectivity index (χ4n) is 4.66. The van der Waals surface area contributed by atoms with Crippen LogP contribution in [0.4, 0.5) is 5.69 Å². The number of rotatable bonds is 5. The fraction of sp³-hybridized carbons (Fsp3) is 0.583. The maximum Gasteiger partial charge on any atom is 0.312 e. The highest BCUT2D eigenvalue weighted by Crippen LogP contribution is 2.31. The molecule has 2 aliphatic heterocycles. The van der Waals surface area contributed by atoms with E-state index in [1.54, 1.807) is 0 Å². The van der Waals surface area contributed by atoms with Gasteiger partial charge in [0.15, 0.2) is 6.23 Å². The summed E-state index contributed by atoms with van der Waals surface area (Å²) in [4.78, 5) is 38.1. The highest BCUT2D eigenvalue weighted by atomic mass is 16.6. The van der Waals surface area contributed by atoms with Crippen LogP contribution < -0.4 is 10.6 Å². The molecule has 2 amide bonds. The lowest BCUT2D eigenvalue weighted by atomic mass is 9.97. The second-order valence-corrected chi connectivity index (χ2v) is 10.0. The van der Waals surface area contributed by atoms with Crippen LogP contribution in [0.5, 0.6) is 0 Å². The summed E-state index contributed by atoms with van der Waals surface area (Å²) in [6, 6.07) is 5.97. The van der Waals surface area contributed by atoms with E-state index in [2.05, 4.69) is 10.6 Å². The number of hydrogen-bond donors (Lipinski definition) is 2. The van der Waals surface area contributed by atoms with Crippen molar-refractivity contribution >= 4 is 34.9 Å². The minimum Gasteiger partial charge on any atom is -0.446 e. The van der Waals surface area contributed by atoms with Crippen LogP contribution in [0.1, 0.15) is 51.8 Å². The van der Waals surface area contributed by atoms with Gasteiger partial charge in [-0.15, -0.1) is 0 Å². The minimum absolute atomic E-state index is 0.120. The molecule has 2 aromatic rings. The average Bonchev–Trinajstić information content (AvgIpc) is 3.38. The lowest BCUT2D eigenvalue weighted by Gasteiger charge is -2.34. The summed E-state index contributed by atoms with van der Waals surface area (Å²) >= 11 is 0. The second-order valence-electron chi connectivity index (χ2n) is 10.0. The summed E-state index contributed by atoms with van der Waals surface area (Å²) in [6.07, 6.45) is 2.41. The Hall–Kier alpha value is -2.94. The largest absolute Gasteiger partial charge is 0.446 e. The van der Waals surface area contributed by atoms with E-state index >= 15 is 0 Å². The van der Waals surface area contributed by atoms with E-state index < -0.39 is 11.6 Å². The number of hydrogen-bond acceptors (Lipinski definition) is 6. The summed E-state index contributed by atoms with van der Waals surface area (Å²) in [7, 11) is 0. The number of benzene rings is 1. The molecule has 2 N–H and O–H groups in total. The number of fused-ring (bicyclic) bond motifs is 1. The smallest absolute Gasteiger partial charge is 0.312 e. The zero-order valence-electron chi connectivity index (χ0n) is 19.8. The molecule has 1 aromatic carbocycles. The number of ether oxygens (including phenoxy) is 1. The number of aromatic nitrogens is 2. The number of carbonyl (C=O) groups is 3. The van der Waals surface area contributed by atoms with Gasteiger partial charge in [-0.2, -0.15) is 5.10 Å². The zero-order chi connectivity index (χ0) is 23.8. The van der Waals surface area contributed by atoms with E-state index in [1.807, 2.05) is 55.5 Å². The molecule has 0 bridgehead atoms. The lowest BCUT2D eigenvalue weighted by Crippen LogP contribution is -2.43. The molecular formula is C24H33N5O4. The monoisotopic (exact) mass is 455 g/mol. The van der Waals surface area contributed by atoms with Crippen molar-refractivity contribution < 1.29 is 19.1 Å². The highest BCUT2D eigenvalue weighted by Gasteiger charge is 2.37. The molecular weight excluding hydrogens is 422 g/mol. The topological polar surface area (TPSA) is 106 Å². The summed E-state index contributed by atoms with van der Waals surface area (Å²) < 4.78 is 7.57. The summed E-state index contributed by atoms with van der Waals surface area (Å²) in [5.74, 6) is -0.317. The van der Waals surface area contributed by atoms with E-state index in [-0.39, 0.29) is 23.8 Å². The number of aryl methyl sites for hydroxylation is 1. The summed E-state index contributed by atoms with van der Waals surface area (Å²) in [5.41, 5.74) is 1.99. The Kier molecular flexibility index (Phi) is 6.43. The van der Waals surface area contributed by atoms with Gasteiger partial charge in [0, 0.05) is 37.1 Å². The van der Waals surface area contributed by atoms with Crippen LogP contribution in [-0.4, -0.2) is 58.8 Å². The minimum atomic E-state index is -0.564. The van der Waals surface area contributed by atoms with Gasteiger partial charge in [0.05, 0.1) is 23.1 Å². The third-order valence-electron chi connectivity index (χ3n) is 6.62. The van der Waals surface area contributed by atoms with E-state index in [4.69, 9.17) is 9.84 Å². The van der Waals surface area contributed by atoms with Gasteiger partial charge in [-0.3, -0.25) is 24.4 Å². The standard InChI is InChI=1S/C24H33N5O4/c1-15-18-6-5-7-19(26-14-30)21(18)27-29(15)17-8-10-28(11-9-17)22(31)16-12-20(25-13-16)33-23(32)24(2,3)4/h5-7,14,16-17,20,25H,8-13H2,1-4H3,(H,26,30). The number of esters is 1. The molecule has 4 rings (SSSR count). The molecule has 9 heteroatoms. The SMILES string of the molecule is Cc1c2cccc(NC=O)c2nn1C1CCN(C(=O)C2CNC(OC(=O)C(C)(C)C)C2)CC1. The number of amides is 2. The zero-order valence-corrected chi connectivity index (χ0v) is 19.8. The number of likely N-dealkylation sites (tertiary alicyclic amines) is 1. The van der Waals surface area contributed by atoms with Crippen molar-refractivity contribution in [1.29, 1.82) is 0 Å². The van der Waals surface area contributed by atoms with Crippen molar-refractivity contribution in [3.63, 3.8) is 0 Å². The summed E-state index contributed by atoms with van der Waals surface area (Å²) in [5, 5.41) is 11.7. The van der Waals surface area contributed by atoms with E-state index in [0.29, 0.717) is 38.2 Å². The van der Waals surface area contributed by atoms with Gasteiger partial charge in [-0.1, -0.05) is 12.1 Å². The molecule has 1 aromatic heterocycles. The maximum absolute atomic E-state index is 13.1. The number of piperidine rings is 1. The van der Waals surface area contributed by atoms with Gasteiger partial charge >= 0.3 is 5.97 Å². The predicted molar refractivity (Wildman–Crippen MR) is 124 cm³/mol. The molecule has 0 saturated carbocycles. The lowest BCUT2D eigenvalue weighted by molar-refractivity contribution is -0.160. The van der Waals surface area contributed by atoms with Crippen LogP contribution in [0, 0.1) is 18.3 Å². The number of anilines is 1. The van der Waals surface area contributed by atoms with Gasteiger partial charge in [0.2, 0.25) is 12.3 Å². The second kappa shape index (κ2) is 9.13. The highest BCUT2D eigenvalue weighted by molar-refractivity contribution is 5.95. The fourth-order valence-corrected chi connectivity index (χ4v) is 4.66.